The molecule has 5 heteroatoms. The van der Waals surface area contributed by atoms with E-state index in [0.29, 0.717) is 6.54 Å². The van der Waals surface area contributed by atoms with E-state index < -0.39 is 0 Å². The number of carbonyl (C=O) groups is 1. The van der Waals surface area contributed by atoms with E-state index in [-0.39, 0.29) is 23.9 Å². The third-order valence-corrected chi connectivity index (χ3v) is 3.89. The Bertz CT molecular complexity index is 428. The first-order chi connectivity index (χ1) is 9.20. The summed E-state index contributed by atoms with van der Waals surface area (Å²) >= 11 is 0. The smallest absolute Gasteiger partial charge is 0.240 e. The Labute approximate surface area is 126 Å². The second kappa shape index (κ2) is 7.50. The molecule has 1 fully saturated rings. The molecule has 1 heterocycles. The van der Waals surface area contributed by atoms with Gasteiger partial charge in [0.05, 0.1) is 12.6 Å². The third kappa shape index (κ3) is 3.64. The first kappa shape index (κ1) is 16.8. The molecule has 1 saturated heterocycles. The standard InChI is InChI=1S/C15H22N2O2.ClH/c1-3-15(9-4-10-17-15)14(18)16-11-12-5-7-13(19-2)8-6-12;/h5-8,17H,3-4,9-11H2,1-2H3,(H,16,18);1H. The van der Waals surface area contributed by atoms with Gasteiger partial charge < -0.3 is 15.4 Å². The molecule has 2 N–H and O–H groups in total. The van der Waals surface area contributed by atoms with Gasteiger partial charge in [-0.3, -0.25) is 4.79 Å². The summed E-state index contributed by atoms with van der Waals surface area (Å²) in [5, 5.41) is 6.37. The minimum absolute atomic E-state index is 0. The number of carbonyl (C=O) groups excluding carboxylic acids is 1. The fourth-order valence-corrected chi connectivity index (χ4v) is 2.56. The number of benzene rings is 1. The number of nitrogens with one attached hydrogen (secondary N) is 2. The molecule has 0 spiro atoms. The predicted molar refractivity (Wildman–Crippen MR) is 82.3 cm³/mol. The number of ether oxygens (including phenoxy) is 1. The zero-order valence-electron chi connectivity index (χ0n) is 12.1. The van der Waals surface area contributed by atoms with E-state index in [4.69, 9.17) is 4.74 Å². The van der Waals surface area contributed by atoms with Gasteiger partial charge in [-0.2, -0.15) is 0 Å². The van der Waals surface area contributed by atoms with Crippen LogP contribution < -0.4 is 15.4 Å². The fraction of sp³-hybridized carbons (Fsp3) is 0.533. The minimum atomic E-state index is -0.355. The number of amides is 1. The summed E-state index contributed by atoms with van der Waals surface area (Å²) in [5.74, 6) is 0.945. The molecule has 0 saturated carbocycles. The lowest BCUT2D eigenvalue weighted by Gasteiger charge is -2.26. The van der Waals surface area contributed by atoms with Gasteiger partial charge in [0, 0.05) is 6.54 Å². The molecule has 1 amide bonds. The van der Waals surface area contributed by atoms with E-state index in [9.17, 15) is 4.79 Å². The largest absolute Gasteiger partial charge is 0.497 e. The van der Waals surface area contributed by atoms with Crippen LogP contribution in [0.4, 0.5) is 0 Å². The lowest BCUT2D eigenvalue weighted by Crippen LogP contribution is -2.52. The molecular formula is C15H23ClN2O2. The van der Waals surface area contributed by atoms with Gasteiger partial charge >= 0.3 is 0 Å². The maximum absolute atomic E-state index is 12.3. The van der Waals surface area contributed by atoms with Gasteiger partial charge in [-0.1, -0.05) is 19.1 Å². The Morgan fingerprint density at radius 3 is 2.60 bits per heavy atom. The number of hydrogen-bond acceptors (Lipinski definition) is 3. The van der Waals surface area contributed by atoms with Crippen LogP contribution in [0.5, 0.6) is 5.75 Å². The van der Waals surface area contributed by atoms with Crippen LogP contribution >= 0.6 is 12.4 Å². The topological polar surface area (TPSA) is 50.4 Å². The van der Waals surface area contributed by atoms with E-state index >= 15 is 0 Å². The SMILES string of the molecule is CCC1(C(=O)NCc2ccc(OC)cc2)CCCN1.Cl. The quantitative estimate of drug-likeness (QED) is 0.877. The van der Waals surface area contributed by atoms with Crippen LogP contribution in [-0.2, 0) is 11.3 Å². The molecule has 1 atom stereocenters. The predicted octanol–water partition coefficient (Wildman–Crippen LogP) is 2.27. The Morgan fingerprint density at radius 2 is 2.10 bits per heavy atom. The summed E-state index contributed by atoms with van der Waals surface area (Å²) in [6, 6.07) is 7.76. The van der Waals surface area contributed by atoms with Crippen LogP contribution in [-0.4, -0.2) is 25.1 Å². The summed E-state index contributed by atoms with van der Waals surface area (Å²) in [5.41, 5.74) is 0.727. The molecule has 1 aliphatic heterocycles. The summed E-state index contributed by atoms with van der Waals surface area (Å²) in [6.45, 7) is 3.56. The van der Waals surface area contributed by atoms with E-state index in [1.54, 1.807) is 7.11 Å². The van der Waals surface area contributed by atoms with Gasteiger partial charge in [-0.15, -0.1) is 12.4 Å². The van der Waals surface area contributed by atoms with Gasteiger partial charge in [0.25, 0.3) is 0 Å². The molecule has 0 radical (unpaired) electrons. The zero-order valence-corrected chi connectivity index (χ0v) is 12.9. The van der Waals surface area contributed by atoms with Gasteiger partial charge in [0.1, 0.15) is 5.75 Å². The van der Waals surface area contributed by atoms with Crippen molar-refractivity contribution < 1.29 is 9.53 Å². The normalized spacial score (nSPS) is 21.1. The first-order valence-electron chi connectivity index (χ1n) is 6.86. The van der Waals surface area contributed by atoms with Crippen molar-refractivity contribution in [2.24, 2.45) is 0 Å². The van der Waals surface area contributed by atoms with Crippen molar-refractivity contribution in [2.45, 2.75) is 38.3 Å². The van der Waals surface area contributed by atoms with E-state index in [1.807, 2.05) is 24.3 Å². The molecule has 1 aliphatic rings. The minimum Gasteiger partial charge on any atom is -0.497 e. The first-order valence-corrected chi connectivity index (χ1v) is 6.86. The zero-order chi connectivity index (χ0) is 13.7. The molecular weight excluding hydrogens is 276 g/mol. The number of halogens is 1. The highest BCUT2D eigenvalue weighted by Gasteiger charge is 2.38. The van der Waals surface area contributed by atoms with Gasteiger partial charge in [0.2, 0.25) is 5.91 Å². The number of rotatable bonds is 5. The van der Waals surface area contributed by atoms with Crippen LogP contribution in [0.1, 0.15) is 31.7 Å². The average Bonchev–Trinajstić information content (AvgIpc) is 2.95. The average molecular weight is 299 g/mol. The highest BCUT2D eigenvalue weighted by atomic mass is 35.5. The summed E-state index contributed by atoms with van der Waals surface area (Å²) in [6.07, 6.45) is 2.84. The van der Waals surface area contributed by atoms with Gasteiger partial charge in [-0.05, 0) is 43.5 Å². The van der Waals surface area contributed by atoms with E-state index in [2.05, 4.69) is 17.6 Å². The molecule has 0 aromatic heterocycles. The fourth-order valence-electron chi connectivity index (χ4n) is 2.56. The lowest BCUT2D eigenvalue weighted by atomic mass is 9.93. The summed E-state index contributed by atoms with van der Waals surface area (Å²) in [4.78, 5) is 12.3. The van der Waals surface area contributed by atoms with Crippen LogP contribution in [0, 0.1) is 0 Å². The van der Waals surface area contributed by atoms with Crippen molar-refractivity contribution in [1.29, 1.82) is 0 Å². The lowest BCUT2D eigenvalue weighted by molar-refractivity contribution is -0.127. The second-order valence-electron chi connectivity index (χ2n) is 5.00. The molecule has 2 rings (SSSR count). The summed E-state index contributed by atoms with van der Waals surface area (Å²) < 4.78 is 5.11. The Hall–Kier alpha value is -1.26. The van der Waals surface area contributed by atoms with Crippen LogP contribution in [0.2, 0.25) is 0 Å². The van der Waals surface area contributed by atoms with Gasteiger partial charge in [-0.25, -0.2) is 0 Å². The van der Waals surface area contributed by atoms with Crippen molar-refractivity contribution >= 4 is 18.3 Å². The van der Waals surface area contributed by atoms with Gasteiger partial charge in [0.15, 0.2) is 0 Å². The molecule has 1 aromatic rings. The number of methoxy groups -OCH3 is 1. The maximum Gasteiger partial charge on any atom is 0.240 e. The second-order valence-corrected chi connectivity index (χ2v) is 5.00. The van der Waals surface area contributed by atoms with E-state index in [0.717, 1.165) is 37.1 Å². The van der Waals surface area contributed by atoms with E-state index in [1.165, 1.54) is 0 Å². The number of hydrogen-bond donors (Lipinski definition) is 2. The summed E-state index contributed by atoms with van der Waals surface area (Å²) in [7, 11) is 1.65. The van der Waals surface area contributed by atoms with Crippen molar-refractivity contribution in [3.8, 4) is 5.75 Å². The Kier molecular flexibility index (Phi) is 6.30. The highest BCUT2D eigenvalue weighted by Crippen LogP contribution is 2.23. The van der Waals surface area contributed by atoms with Crippen molar-refractivity contribution in [3.05, 3.63) is 29.8 Å². The molecule has 112 valence electrons. The molecule has 20 heavy (non-hydrogen) atoms. The molecule has 4 nitrogen and oxygen atoms in total. The molecule has 0 aliphatic carbocycles. The third-order valence-electron chi connectivity index (χ3n) is 3.89. The van der Waals surface area contributed by atoms with Crippen LogP contribution in [0.15, 0.2) is 24.3 Å². The Balaban J connectivity index is 0.00000200. The maximum atomic E-state index is 12.3. The van der Waals surface area contributed by atoms with Crippen molar-refractivity contribution in [3.63, 3.8) is 0 Å². The molecule has 1 unspecified atom stereocenters. The molecule has 1 aromatic carbocycles. The highest BCUT2D eigenvalue weighted by molar-refractivity contribution is 5.86. The van der Waals surface area contributed by atoms with Crippen molar-refractivity contribution in [2.75, 3.05) is 13.7 Å². The Morgan fingerprint density at radius 1 is 1.40 bits per heavy atom. The van der Waals surface area contributed by atoms with Crippen molar-refractivity contribution in [1.82, 2.24) is 10.6 Å². The monoisotopic (exact) mass is 298 g/mol. The van der Waals surface area contributed by atoms with Crippen LogP contribution in [0.25, 0.3) is 0 Å². The van der Waals surface area contributed by atoms with Crippen LogP contribution in [0.3, 0.4) is 0 Å². The molecule has 0 bridgehead atoms.